The number of hydrogen-bond acceptors (Lipinski definition) is 3. The van der Waals surface area contributed by atoms with Crippen molar-refractivity contribution in [3.05, 3.63) is 129 Å². The van der Waals surface area contributed by atoms with Crippen molar-refractivity contribution in [1.82, 2.24) is 0 Å². The average molecular weight is 779 g/mol. The molecule has 1 aromatic rings. The van der Waals surface area contributed by atoms with Crippen LogP contribution >= 0.6 is 0 Å². The summed E-state index contributed by atoms with van der Waals surface area (Å²) in [5, 5.41) is -0.435. The first kappa shape index (κ1) is 45.3. The van der Waals surface area contributed by atoms with Crippen LogP contribution in [0, 0.1) is 22.7 Å². The lowest BCUT2D eigenvalue weighted by Gasteiger charge is -2.50. The zero-order valence-corrected chi connectivity index (χ0v) is 36.8. The molecule has 0 aliphatic heterocycles. The molecule has 4 nitrogen and oxygen atoms in total. The summed E-state index contributed by atoms with van der Waals surface area (Å²) in [6, 6.07) is 7.36. The molecule has 6 atom stereocenters. The maximum Gasteiger partial charge on any atom is 0.171 e. The Kier molecular flexibility index (Phi) is 16.9. The van der Waals surface area contributed by atoms with Crippen LogP contribution in [0.3, 0.4) is 0 Å². The molecule has 0 radical (unpaired) electrons. The van der Waals surface area contributed by atoms with Gasteiger partial charge >= 0.3 is 0 Å². The third kappa shape index (κ3) is 11.0. The zero-order chi connectivity index (χ0) is 41.0. The van der Waals surface area contributed by atoms with E-state index in [4.69, 9.17) is 0 Å². The van der Waals surface area contributed by atoms with E-state index in [-0.39, 0.29) is 23.4 Å². The van der Waals surface area contributed by atoms with E-state index in [0.717, 1.165) is 76.2 Å². The standard InChI is InChI=1S/C51H70O4S/c1-36(2)17-12-18-37(3)19-13-20-38(4)21-14-22-39(5)23-15-24-40(6)29-32-47(56(54)55)42(8)26-16-25-41(7)33-34-51-44-31-30-43(35-44)50(51,9)48(52)45-27-10-11-28-46(45)49(51)53/h10-11,17,19,21,23,26-31,33,43-44,47H,12-16,18,20,22,24-25,32,34-35H2,1-9H3,(H,54,55)/b37-19+,38-21+,39-23+,40-29+,41-33+,42-26+. The molecule has 0 spiro atoms. The molecular formula is C51H70O4S. The minimum atomic E-state index is -1.96. The smallest absolute Gasteiger partial charge is 0.171 e. The summed E-state index contributed by atoms with van der Waals surface area (Å²) in [6.45, 7) is 19.3. The number of Topliss-reactive ketones (excluding diaryl/α,β-unsaturated/α-hetero) is 2. The lowest BCUT2D eigenvalue weighted by molar-refractivity contribution is 0.0242. The third-order valence-corrected chi connectivity index (χ3v) is 14.1. The molecule has 1 fully saturated rings. The maximum absolute atomic E-state index is 14.3. The Balaban J connectivity index is 1.23. The second-order valence-corrected chi connectivity index (χ2v) is 18.7. The molecule has 0 saturated heterocycles. The van der Waals surface area contributed by atoms with Gasteiger partial charge in [0.05, 0.1) is 16.1 Å². The van der Waals surface area contributed by atoms with E-state index in [0.29, 0.717) is 24.0 Å². The molecule has 5 heteroatoms. The Morgan fingerprint density at radius 2 is 1.11 bits per heavy atom. The normalized spacial score (nSPS) is 25.4. The molecule has 3 aliphatic rings. The molecule has 304 valence electrons. The van der Waals surface area contributed by atoms with Gasteiger partial charge in [-0.2, -0.15) is 0 Å². The largest absolute Gasteiger partial charge is 0.306 e. The van der Waals surface area contributed by atoms with E-state index in [1.54, 1.807) is 0 Å². The Hall–Kier alpha value is -3.41. The van der Waals surface area contributed by atoms with Crippen molar-refractivity contribution in [2.75, 3.05) is 0 Å². The van der Waals surface area contributed by atoms with Gasteiger partial charge in [0, 0.05) is 11.1 Å². The molecule has 1 N–H and O–H groups in total. The first-order valence-corrected chi connectivity index (χ1v) is 22.3. The molecule has 1 aromatic carbocycles. The molecular weight excluding hydrogens is 709 g/mol. The van der Waals surface area contributed by atoms with E-state index in [1.807, 2.05) is 38.1 Å². The number of fused-ring (bicyclic) bond motifs is 6. The fraction of sp³-hybridized carbons (Fsp3) is 0.529. The van der Waals surface area contributed by atoms with Crippen molar-refractivity contribution < 1.29 is 18.4 Å². The fourth-order valence-corrected chi connectivity index (χ4v) is 9.98. The van der Waals surface area contributed by atoms with Crippen LogP contribution in [0.1, 0.15) is 167 Å². The predicted octanol–water partition coefficient (Wildman–Crippen LogP) is 14.2. The average Bonchev–Trinajstić information content (AvgIpc) is 3.73. The number of carbonyl (C=O) groups excluding carboxylic acids is 2. The number of benzene rings is 1. The highest BCUT2D eigenvalue weighted by atomic mass is 32.2. The van der Waals surface area contributed by atoms with Gasteiger partial charge in [0.25, 0.3) is 0 Å². The number of allylic oxidation sites excluding steroid dienone is 15. The highest BCUT2D eigenvalue weighted by molar-refractivity contribution is 7.80. The van der Waals surface area contributed by atoms with Crippen molar-refractivity contribution >= 4 is 22.6 Å². The van der Waals surface area contributed by atoms with Gasteiger partial charge in [-0.25, -0.2) is 4.21 Å². The minimum Gasteiger partial charge on any atom is -0.306 e. The van der Waals surface area contributed by atoms with Gasteiger partial charge in [0.15, 0.2) is 22.6 Å². The Labute approximate surface area is 342 Å². The van der Waals surface area contributed by atoms with Crippen LogP contribution in [-0.2, 0) is 11.1 Å². The molecule has 3 aliphatic carbocycles. The minimum absolute atomic E-state index is 0.0670. The van der Waals surface area contributed by atoms with Gasteiger partial charge in [-0.1, -0.05) is 125 Å². The summed E-state index contributed by atoms with van der Waals surface area (Å²) in [7, 11) is 0. The van der Waals surface area contributed by atoms with E-state index in [1.165, 1.54) is 33.4 Å². The van der Waals surface area contributed by atoms with Crippen molar-refractivity contribution in [2.45, 2.75) is 151 Å². The summed E-state index contributed by atoms with van der Waals surface area (Å²) < 4.78 is 22.6. The van der Waals surface area contributed by atoms with Crippen LogP contribution in [0.2, 0.25) is 0 Å². The second-order valence-electron chi connectivity index (χ2n) is 17.6. The van der Waals surface area contributed by atoms with E-state index in [9.17, 15) is 18.4 Å². The molecule has 4 rings (SSSR count). The topological polar surface area (TPSA) is 71.4 Å². The van der Waals surface area contributed by atoms with E-state index < -0.39 is 27.2 Å². The van der Waals surface area contributed by atoms with Crippen molar-refractivity contribution in [2.24, 2.45) is 22.7 Å². The molecule has 0 heterocycles. The number of hydrogen-bond donors (Lipinski definition) is 1. The Morgan fingerprint density at radius 3 is 1.62 bits per heavy atom. The Morgan fingerprint density at radius 1 is 0.661 bits per heavy atom. The number of ketones is 2. The van der Waals surface area contributed by atoms with Crippen molar-refractivity contribution in [3.63, 3.8) is 0 Å². The molecule has 1 saturated carbocycles. The van der Waals surface area contributed by atoms with Crippen LogP contribution in [-0.4, -0.2) is 25.6 Å². The van der Waals surface area contributed by atoms with Crippen LogP contribution in [0.15, 0.2) is 118 Å². The van der Waals surface area contributed by atoms with Crippen LogP contribution in [0.4, 0.5) is 0 Å². The predicted molar refractivity (Wildman–Crippen MR) is 238 cm³/mol. The lowest BCUT2D eigenvalue weighted by Crippen LogP contribution is -2.56. The highest BCUT2D eigenvalue weighted by Crippen LogP contribution is 2.69. The summed E-state index contributed by atoms with van der Waals surface area (Å²) in [5.74, 6) is 0.377. The summed E-state index contributed by atoms with van der Waals surface area (Å²) in [6.07, 6.45) is 32.3. The first-order valence-electron chi connectivity index (χ1n) is 21.2. The van der Waals surface area contributed by atoms with Gasteiger partial charge in [0.2, 0.25) is 0 Å². The molecule has 6 unspecified atom stereocenters. The second kappa shape index (κ2) is 20.8. The van der Waals surface area contributed by atoms with Gasteiger partial charge in [-0.3, -0.25) is 9.59 Å². The first-order chi connectivity index (χ1) is 26.6. The summed E-state index contributed by atoms with van der Waals surface area (Å²) >= 11 is -1.96. The van der Waals surface area contributed by atoms with E-state index >= 15 is 0 Å². The molecule has 0 aromatic heterocycles. The van der Waals surface area contributed by atoms with Gasteiger partial charge in [0.1, 0.15) is 0 Å². The quantitative estimate of drug-likeness (QED) is 0.0996. The highest BCUT2D eigenvalue weighted by Gasteiger charge is 2.71. The van der Waals surface area contributed by atoms with Crippen LogP contribution < -0.4 is 0 Å². The monoisotopic (exact) mass is 778 g/mol. The lowest BCUT2D eigenvalue weighted by atomic mass is 9.49. The van der Waals surface area contributed by atoms with Gasteiger partial charge in [-0.05, 0) is 151 Å². The van der Waals surface area contributed by atoms with Crippen LogP contribution in [0.25, 0.3) is 0 Å². The van der Waals surface area contributed by atoms with Crippen molar-refractivity contribution in [3.8, 4) is 0 Å². The number of rotatable bonds is 21. The van der Waals surface area contributed by atoms with Crippen LogP contribution in [0.5, 0.6) is 0 Å². The SMILES string of the molecule is CC(C)=CCC/C(C)=C/CC/C(C)=C/CC/C(C)=C/CC/C(C)=C/CC(/C(C)=C/CC/C(C)=C/CC12C(=O)c3ccccc3C(=O)C1(C)C1C=CC2C1)S(=O)O. The summed E-state index contributed by atoms with van der Waals surface area (Å²) in [5.41, 5.74) is 8.78. The molecule has 56 heavy (non-hydrogen) atoms. The third-order valence-electron chi connectivity index (χ3n) is 13.1. The fourth-order valence-electron chi connectivity index (χ4n) is 9.31. The van der Waals surface area contributed by atoms with Gasteiger partial charge < -0.3 is 4.55 Å². The molecule has 0 amide bonds. The number of carbonyl (C=O) groups is 2. The summed E-state index contributed by atoms with van der Waals surface area (Å²) in [4.78, 5) is 28.2. The van der Waals surface area contributed by atoms with E-state index in [2.05, 4.69) is 103 Å². The maximum atomic E-state index is 14.3. The van der Waals surface area contributed by atoms with Crippen molar-refractivity contribution in [1.29, 1.82) is 0 Å². The molecule has 2 bridgehead atoms. The van der Waals surface area contributed by atoms with Gasteiger partial charge in [-0.15, -0.1) is 0 Å². The Bertz CT molecular complexity index is 1860. The zero-order valence-electron chi connectivity index (χ0n) is 36.0.